The predicted molar refractivity (Wildman–Crippen MR) is 75.0 cm³/mol. The number of para-hydroxylation sites is 1. The summed E-state index contributed by atoms with van der Waals surface area (Å²) in [6.45, 7) is 4.65. The van der Waals surface area contributed by atoms with Crippen molar-refractivity contribution < 1.29 is 9.53 Å². The Bertz CT molecular complexity index is 448. The van der Waals surface area contributed by atoms with Crippen molar-refractivity contribution in [3.05, 3.63) is 29.8 Å². The van der Waals surface area contributed by atoms with Crippen molar-refractivity contribution in [2.75, 3.05) is 13.7 Å². The zero-order valence-electron chi connectivity index (χ0n) is 11.8. The highest BCUT2D eigenvalue weighted by atomic mass is 16.5. The summed E-state index contributed by atoms with van der Waals surface area (Å²) < 4.78 is 5.40. The molecule has 0 aromatic heterocycles. The second-order valence-corrected chi connectivity index (χ2v) is 4.96. The third-order valence-corrected chi connectivity index (χ3v) is 3.63. The summed E-state index contributed by atoms with van der Waals surface area (Å²) in [5, 5.41) is 3.28. The molecule has 1 heterocycles. The van der Waals surface area contributed by atoms with E-state index in [0.717, 1.165) is 24.2 Å². The minimum atomic E-state index is -0.0785. The number of nitrogens with zero attached hydrogens (tertiary/aromatic N) is 1. The molecule has 1 aliphatic rings. The summed E-state index contributed by atoms with van der Waals surface area (Å²) in [5.74, 6) is 0.986. The third kappa shape index (κ3) is 2.73. The lowest BCUT2D eigenvalue weighted by atomic mass is 10.1. The molecule has 4 nitrogen and oxygen atoms in total. The Morgan fingerprint density at radius 1 is 1.47 bits per heavy atom. The van der Waals surface area contributed by atoms with Crippen molar-refractivity contribution in [2.45, 2.75) is 38.9 Å². The Labute approximate surface area is 114 Å². The van der Waals surface area contributed by atoms with Crippen LogP contribution in [0.1, 0.15) is 38.4 Å². The van der Waals surface area contributed by atoms with Crippen LogP contribution < -0.4 is 10.1 Å². The molecule has 1 fully saturated rings. The van der Waals surface area contributed by atoms with Gasteiger partial charge in [0.2, 0.25) is 5.91 Å². The van der Waals surface area contributed by atoms with E-state index in [1.54, 1.807) is 7.11 Å². The highest BCUT2D eigenvalue weighted by Gasteiger charge is 2.35. The van der Waals surface area contributed by atoms with E-state index >= 15 is 0 Å². The highest BCUT2D eigenvalue weighted by molar-refractivity contribution is 5.81. The SMILES string of the molecule is CCCC(C)N1C(=O)CNC1c1ccccc1OC. The smallest absolute Gasteiger partial charge is 0.238 e. The Morgan fingerprint density at radius 3 is 2.89 bits per heavy atom. The molecule has 0 saturated carbocycles. The molecule has 0 radical (unpaired) electrons. The number of ether oxygens (including phenoxy) is 1. The van der Waals surface area contributed by atoms with Gasteiger partial charge in [0.25, 0.3) is 0 Å². The fraction of sp³-hybridized carbons (Fsp3) is 0.533. The van der Waals surface area contributed by atoms with E-state index in [1.807, 2.05) is 29.2 Å². The minimum Gasteiger partial charge on any atom is -0.496 e. The standard InChI is InChI=1S/C15H22N2O2/c1-4-7-11(2)17-14(18)10-16-15(17)12-8-5-6-9-13(12)19-3/h5-6,8-9,11,15-16H,4,7,10H2,1-3H3. The van der Waals surface area contributed by atoms with Crippen LogP contribution in [0.3, 0.4) is 0 Å². The van der Waals surface area contributed by atoms with Crippen LogP contribution in [0.4, 0.5) is 0 Å². The molecule has 0 spiro atoms. The number of hydrogen-bond donors (Lipinski definition) is 1. The highest BCUT2D eigenvalue weighted by Crippen LogP contribution is 2.32. The fourth-order valence-electron chi connectivity index (χ4n) is 2.73. The van der Waals surface area contributed by atoms with Crippen molar-refractivity contribution in [3.63, 3.8) is 0 Å². The van der Waals surface area contributed by atoms with Crippen molar-refractivity contribution >= 4 is 5.91 Å². The second-order valence-electron chi connectivity index (χ2n) is 4.96. The van der Waals surface area contributed by atoms with Gasteiger partial charge in [-0.1, -0.05) is 31.5 Å². The summed E-state index contributed by atoms with van der Waals surface area (Å²) in [6, 6.07) is 8.11. The maximum Gasteiger partial charge on any atom is 0.238 e. The molecule has 1 amide bonds. The van der Waals surface area contributed by atoms with E-state index in [9.17, 15) is 4.79 Å². The van der Waals surface area contributed by atoms with Crippen LogP contribution in [-0.2, 0) is 4.79 Å². The molecular formula is C15H22N2O2. The molecule has 1 saturated heterocycles. The quantitative estimate of drug-likeness (QED) is 0.885. The summed E-state index contributed by atoms with van der Waals surface area (Å²) in [4.78, 5) is 14.0. The number of methoxy groups -OCH3 is 1. The van der Waals surface area contributed by atoms with Gasteiger partial charge in [0.05, 0.1) is 13.7 Å². The average molecular weight is 262 g/mol. The zero-order chi connectivity index (χ0) is 13.8. The van der Waals surface area contributed by atoms with Gasteiger partial charge in [-0.2, -0.15) is 0 Å². The van der Waals surface area contributed by atoms with E-state index in [1.165, 1.54) is 0 Å². The van der Waals surface area contributed by atoms with Gasteiger partial charge in [-0.15, -0.1) is 0 Å². The summed E-state index contributed by atoms with van der Waals surface area (Å²) in [5.41, 5.74) is 1.03. The predicted octanol–water partition coefficient (Wildman–Crippen LogP) is 2.31. The first kappa shape index (κ1) is 13.9. The molecule has 1 N–H and O–H groups in total. The third-order valence-electron chi connectivity index (χ3n) is 3.63. The first-order chi connectivity index (χ1) is 9.19. The van der Waals surface area contributed by atoms with Crippen LogP contribution in [0.5, 0.6) is 5.75 Å². The molecule has 0 aliphatic carbocycles. The van der Waals surface area contributed by atoms with E-state index < -0.39 is 0 Å². The van der Waals surface area contributed by atoms with Gasteiger partial charge < -0.3 is 9.64 Å². The summed E-state index contributed by atoms with van der Waals surface area (Å²) in [6.07, 6.45) is 2.01. The lowest BCUT2D eigenvalue weighted by molar-refractivity contribution is -0.130. The van der Waals surface area contributed by atoms with Crippen molar-refractivity contribution in [1.82, 2.24) is 10.2 Å². The number of rotatable bonds is 5. The summed E-state index contributed by atoms with van der Waals surface area (Å²) >= 11 is 0. The first-order valence-electron chi connectivity index (χ1n) is 6.86. The molecule has 2 atom stereocenters. The molecule has 1 aromatic carbocycles. The van der Waals surface area contributed by atoms with E-state index in [4.69, 9.17) is 4.74 Å². The van der Waals surface area contributed by atoms with Crippen LogP contribution in [0.15, 0.2) is 24.3 Å². The summed E-state index contributed by atoms with van der Waals surface area (Å²) in [7, 11) is 1.66. The van der Waals surface area contributed by atoms with Crippen LogP contribution >= 0.6 is 0 Å². The Hall–Kier alpha value is -1.55. The van der Waals surface area contributed by atoms with Crippen LogP contribution in [0.25, 0.3) is 0 Å². The number of nitrogens with one attached hydrogen (secondary N) is 1. The second kappa shape index (κ2) is 6.06. The number of amides is 1. The van der Waals surface area contributed by atoms with E-state index in [2.05, 4.69) is 19.2 Å². The van der Waals surface area contributed by atoms with Crippen molar-refractivity contribution in [2.24, 2.45) is 0 Å². The zero-order valence-corrected chi connectivity index (χ0v) is 11.8. The van der Waals surface area contributed by atoms with Gasteiger partial charge in [-0.25, -0.2) is 0 Å². The van der Waals surface area contributed by atoms with Gasteiger partial charge in [0, 0.05) is 11.6 Å². The van der Waals surface area contributed by atoms with Gasteiger partial charge in [-0.3, -0.25) is 10.1 Å². The lowest BCUT2D eigenvalue weighted by Gasteiger charge is -2.31. The number of hydrogen-bond acceptors (Lipinski definition) is 3. The van der Waals surface area contributed by atoms with Crippen molar-refractivity contribution in [3.8, 4) is 5.75 Å². The van der Waals surface area contributed by atoms with E-state index in [-0.39, 0.29) is 18.1 Å². The number of carbonyl (C=O) groups is 1. The molecule has 1 aromatic rings. The van der Waals surface area contributed by atoms with Gasteiger partial charge in [0.15, 0.2) is 0 Å². The molecule has 19 heavy (non-hydrogen) atoms. The maximum atomic E-state index is 12.1. The number of carbonyl (C=O) groups excluding carboxylic acids is 1. The minimum absolute atomic E-state index is 0.0785. The molecule has 104 valence electrons. The van der Waals surface area contributed by atoms with Crippen LogP contribution in [0, 0.1) is 0 Å². The molecular weight excluding hydrogens is 240 g/mol. The lowest BCUT2D eigenvalue weighted by Crippen LogP contribution is -2.38. The Kier molecular flexibility index (Phi) is 4.43. The maximum absolute atomic E-state index is 12.1. The van der Waals surface area contributed by atoms with Gasteiger partial charge in [-0.05, 0) is 19.4 Å². The molecule has 2 rings (SSSR count). The number of benzene rings is 1. The fourth-order valence-corrected chi connectivity index (χ4v) is 2.73. The topological polar surface area (TPSA) is 41.6 Å². The van der Waals surface area contributed by atoms with Crippen molar-refractivity contribution in [1.29, 1.82) is 0 Å². The molecule has 1 aliphatic heterocycles. The Balaban J connectivity index is 2.29. The average Bonchev–Trinajstić information content (AvgIpc) is 2.80. The molecule has 0 bridgehead atoms. The normalized spacial score (nSPS) is 20.7. The first-order valence-corrected chi connectivity index (χ1v) is 6.86. The largest absolute Gasteiger partial charge is 0.496 e. The molecule has 2 unspecified atom stereocenters. The monoisotopic (exact) mass is 262 g/mol. The van der Waals surface area contributed by atoms with Crippen LogP contribution in [-0.4, -0.2) is 30.5 Å². The van der Waals surface area contributed by atoms with E-state index in [0.29, 0.717) is 6.54 Å². The molecule has 4 heteroatoms. The van der Waals surface area contributed by atoms with Gasteiger partial charge in [0.1, 0.15) is 11.9 Å². The Morgan fingerprint density at radius 2 is 2.21 bits per heavy atom. The van der Waals surface area contributed by atoms with Gasteiger partial charge >= 0.3 is 0 Å². The van der Waals surface area contributed by atoms with Crippen LogP contribution in [0.2, 0.25) is 0 Å².